The van der Waals surface area contributed by atoms with Crippen LogP contribution >= 0.6 is 0 Å². The lowest BCUT2D eigenvalue weighted by Crippen LogP contribution is -2.32. The van der Waals surface area contributed by atoms with Crippen LogP contribution in [-0.4, -0.2) is 77.6 Å². The molecule has 10 nitrogen and oxygen atoms in total. The van der Waals surface area contributed by atoms with Crippen LogP contribution in [0.5, 0.6) is 34.5 Å². The average Bonchev–Trinajstić information content (AvgIpc) is 2.95. The maximum absolute atomic E-state index is 13.8. The molecule has 0 heterocycles. The van der Waals surface area contributed by atoms with E-state index in [1.807, 2.05) is 13.8 Å². The SMILES string of the molecule is CCN(CC)C(=O)c1c(C(=O)OC)c(-c2ccc(OC)c(OC)c2)c2c(OC)c(OC)c(OC)cc2c1O. The molecule has 10 heteroatoms. The standard InChI is InChI=1S/C28H33NO9/c1-9-29(10-2)27(31)23-22(28(32)38-8)20(15-11-12-17(33-3)18(13-15)34-4)21-16(24(23)30)14-19(35-5)25(36-6)26(21)37-7/h11-14,30H,9-10H2,1-8H3. The van der Waals surface area contributed by atoms with Gasteiger partial charge >= 0.3 is 5.97 Å². The minimum Gasteiger partial charge on any atom is -0.506 e. The number of nitrogens with zero attached hydrogens (tertiary/aromatic N) is 1. The number of phenols is 1. The van der Waals surface area contributed by atoms with Gasteiger partial charge in [-0.3, -0.25) is 4.79 Å². The molecular formula is C28H33NO9. The second-order valence-electron chi connectivity index (χ2n) is 8.08. The maximum Gasteiger partial charge on any atom is 0.339 e. The number of fused-ring (bicyclic) bond motifs is 1. The fourth-order valence-electron chi connectivity index (χ4n) is 4.56. The first-order chi connectivity index (χ1) is 18.3. The molecule has 0 saturated heterocycles. The zero-order valence-electron chi connectivity index (χ0n) is 22.9. The predicted molar refractivity (Wildman–Crippen MR) is 142 cm³/mol. The van der Waals surface area contributed by atoms with Crippen LogP contribution < -0.4 is 23.7 Å². The molecule has 0 unspecified atom stereocenters. The fraction of sp³-hybridized carbons (Fsp3) is 0.357. The quantitative estimate of drug-likeness (QED) is 0.380. The minimum absolute atomic E-state index is 0.132. The number of methoxy groups -OCH3 is 6. The third-order valence-corrected chi connectivity index (χ3v) is 6.40. The maximum atomic E-state index is 13.8. The van der Waals surface area contributed by atoms with Crippen molar-refractivity contribution in [1.82, 2.24) is 4.90 Å². The molecule has 1 N–H and O–H groups in total. The smallest absolute Gasteiger partial charge is 0.339 e. The highest BCUT2D eigenvalue weighted by Gasteiger charge is 2.34. The number of carbonyl (C=O) groups excluding carboxylic acids is 2. The lowest BCUT2D eigenvalue weighted by molar-refractivity contribution is 0.0591. The van der Waals surface area contributed by atoms with Gasteiger partial charge in [0.15, 0.2) is 23.0 Å². The highest BCUT2D eigenvalue weighted by molar-refractivity contribution is 6.21. The Kier molecular flexibility index (Phi) is 8.77. The van der Waals surface area contributed by atoms with Crippen molar-refractivity contribution in [2.24, 2.45) is 0 Å². The topological polar surface area (TPSA) is 113 Å². The molecule has 3 rings (SSSR count). The van der Waals surface area contributed by atoms with Gasteiger partial charge in [-0.05, 0) is 37.6 Å². The number of hydrogen-bond acceptors (Lipinski definition) is 9. The average molecular weight is 528 g/mol. The van der Waals surface area contributed by atoms with E-state index in [9.17, 15) is 14.7 Å². The van der Waals surface area contributed by atoms with Crippen molar-refractivity contribution in [2.45, 2.75) is 13.8 Å². The molecule has 38 heavy (non-hydrogen) atoms. The van der Waals surface area contributed by atoms with Gasteiger partial charge in [-0.15, -0.1) is 0 Å². The molecule has 0 aliphatic carbocycles. The van der Waals surface area contributed by atoms with Gasteiger partial charge in [0.05, 0.1) is 53.8 Å². The fourth-order valence-corrected chi connectivity index (χ4v) is 4.56. The molecule has 204 valence electrons. The summed E-state index contributed by atoms with van der Waals surface area (Å²) in [7, 11) is 8.52. The number of ether oxygens (including phenoxy) is 6. The number of rotatable bonds is 10. The van der Waals surface area contributed by atoms with Gasteiger partial charge in [0, 0.05) is 29.4 Å². The second-order valence-corrected chi connectivity index (χ2v) is 8.08. The normalized spacial score (nSPS) is 10.6. The summed E-state index contributed by atoms with van der Waals surface area (Å²) < 4.78 is 32.9. The Hall–Kier alpha value is -4.34. The van der Waals surface area contributed by atoms with Gasteiger partial charge in [-0.2, -0.15) is 0 Å². The van der Waals surface area contributed by atoms with Crippen molar-refractivity contribution in [2.75, 3.05) is 55.7 Å². The van der Waals surface area contributed by atoms with Gasteiger partial charge < -0.3 is 38.4 Å². The molecule has 0 aliphatic rings. The summed E-state index contributed by atoms with van der Waals surface area (Å²) in [4.78, 5) is 28.7. The summed E-state index contributed by atoms with van der Waals surface area (Å²) in [6.45, 7) is 4.33. The van der Waals surface area contributed by atoms with E-state index in [0.717, 1.165) is 0 Å². The summed E-state index contributed by atoms with van der Waals surface area (Å²) >= 11 is 0. The van der Waals surface area contributed by atoms with Gasteiger partial charge in [0.25, 0.3) is 5.91 Å². The number of hydrogen-bond donors (Lipinski definition) is 1. The van der Waals surface area contributed by atoms with E-state index in [2.05, 4.69) is 0 Å². The van der Waals surface area contributed by atoms with Gasteiger partial charge in [-0.25, -0.2) is 4.79 Å². The first-order valence-corrected chi connectivity index (χ1v) is 11.9. The van der Waals surface area contributed by atoms with E-state index >= 15 is 0 Å². The third kappa shape index (κ3) is 4.57. The number of amides is 1. The minimum atomic E-state index is -0.820. The zero-order chi connectivity index (χ0) is 28.1. The monoisotopic (exact) mass is 527 g/mol. The Labute approximate surface area is 221 Å². The summed E-state index contributed by atoms with van der Waals surface area (Å²) in [6, 6.07) is 6.59. The molecule has 3 aromatic carbocycles. The first-order valence-electron chi connectivity index (χ1n) is 11.9. The van der Waals surface area contributed by atoms with Crippen molar-refractivity contribution >= 4 is 22.6 Å². The molecule has 0 radical (unpaired) electrons. The second kappa shape index (κ2) is 11.8. The Morgan fingerprint density at radius 2 is 1.37 bits per heavy atom. The molecule has 0 aliphatic heterocycles. The van der Waals surface area contributed by atoms with Crippen LogP contribution in [0.15, 0.2) is 24.3 Å². The number of benzene rings is 3. The van der Waals surface area contributed by atoms with Gasteiger partial charge in [0.2, 0.25) is 5.75 Å². The lowest BCUT2D eigenvalue weighted by atomic mass is 9.87. The van der Waals surface area contributed by atoms with E-state index < -0.39 is 17.6 Å². The summed E-state index contributed by atoms with van der Waals surface area (Å²) in [5, 5.41) is 12.1. The Balaban J connectivity index is 2.72. The van der Waals surface area contributed by atoms with Crippen LogP contribution in [0, 0.1) is 0 Å². The number of aromatic hydroxyl groups is 1. The van der Waals surface area contributed by atoms with Crippen LogP contribution in [0.25, 0.3) is 21.9 Å². The van der Waals surface area contributed by atoms with E-state index in [1.165, 1.54) is 53.6 Å². The largest absolute Gasteiger partial charge is 0.506 e. The molecule has 0 bridgehead atoms. The summed E-state index contributed by atoms with van der Waals surface area (Å²) in [5.74, 6) is -0.234. The van der Waals surface area contributed by atoms with E-state index in [4.69, 9.17) is 28.4 Å². The molecule has 3 aromatic rings. The van der Waals surface area contributed by atoms with E-state index in [-0.39, 0.29) is 39.3 Å². The van der Waals surface area contributed by atoms with Crippen molar-refractivity contribution in [3.05, 3.63) is 35.4 Å². The zero-order valence-corrected chi connectivity index (χ0v) is 22.9. The molecule has 0 aromatic heterocycles. The van der Waals surface area contributed by atoms with Crippen molar-refractivity contribution in [3.8, 4) is 45.6 Å². The Morgan fingerprint density at radius 3 is 1.87 bits per heavy atom. The van der Waals surface area contributed by atoms with E-state index in [0.29, 0.717) is 35.5 Å². The molecule has 0 spiro atoms. The molecule has 0 saturated carbocycles. The van der Waals surface area contributed by atoms with Crippen LogP contribution in [0.1, 0.15) is 34.6 Å². The number of esters is 1. The Bertz CT molecular complexity index is 1360. The van der Waals surface area contributed by atoms with Crippen LogP contribution in [0.4, 0.5) is 0 Å². The lowest BCUT2D eigenvalue weighted by Gasteiger charge is -2.25. The molecule has 1 amide bonds. The predicted octanol–water partition coefficient (Wildman–Crippen LogP) is 4.52. The third-order valence-electron chi connectivity index (χ3n) is 6.40. The highest BCUT2D eigenvalue weighted by Crippen LogP contribution is 2.52. The van der Waals surface area contributed by atoms with Crippen LogP contribution in [0.2, 0.25) is 0 Å². The number of phenolic OH excluding ortho intramolecular Hbond substituents is 1. The molecule has 0 atom stereocenters. The van der Waals surface area contributed by atoms with Gasteiger partial charge in [0.1, 0.15) is 5.75 Å². The Morgan fingerprint density at radius 1 is 0.763 bits per heavy atom. The van der Waals surface area contributed by atoms with Crippen molar-refractivity contribution < 1.29 is 43.1 Å². The van der Waals surface area contributed by atoms with Crippen LogP contribution in [0.3, 0.4) is 0 Å². The number of carbonyl (C=O) groups is 2. The summed E-state index contributed by atoms with van der Waals surface area (Å²) in [5.41, 5.74) is 0.422. The van der Waals surface area contributed by atoms with Crippen molar-refractivity contribution in [3.63, 3.8) is 0 Å². The highest BCUT2D eigenvalue weighted by atomic mass is 16.5. The first kappa shape index (κ1) is 28.2. The van der Waals surface area contributed by atoms with E-state index in [1.54, 1.807) is 18.2 Å². The van der Waals surface area contributed by atoms with Crippen LogP contribution in [-0.2, 0) is 4.74 Å². The van der Waals surface area contributed by atoms with Gasteiger partial charge in [-0.1, -0.05) is 6.07 Å². The summed E-state index contributed by atoms with van der Waals surface area (Å²) in [6.07, 6.45) is 0. The molecule has 0 fully saturated rings. The molecular weight excluding hydrogens is 494 g/mol. The van der Waals surface area contributed by atoms with Crippen molar-refractivity contribution in [1.29, 1.82) is 0 Å².